The highest BCUT2D eigenvalue weighted by atomic mass is 16.5. The molecule has 0 radical (unpaired) electrons. The Balaban J connectivity index is 1.88. The molecule has 1 N–H and O–H groups in total. The van der Waals surface area contributed by atoms with E-state index in [-0.39, 0.29) is 0 Å². The van der Waals surface area contributed by atoms with E-state index in [9.17, 15) is 0 Å². The lowest BCUT2D eigenvalue weighted by Gasteiger charge is -2.13. The van der Waals surface area contributed by atoms with Crippen LogP contribution in [0, 0.1) is 19.8 Å². The van der Waals surface area contributed by atoms with E-state index in [1.165, 1.54) is 0 Å². The average molecular weight is 351 g/mol. The maximum Gasteiger partial charge on any atom is 0.227 e. The zero-order valence-corrected chi connectivity index (χ0v) is 15.9. The van der Waals surface area contributed by atoms with Gasteiger partial charge in [0.25, 0.3) is 0 Å². The molecule has 136 valence electrons. The van der Waals surface area contributed by atoms with Crippen LogP contribution in [0.25, 0.3) is 5.69 Å². The van der Waals surface area contributed by atoms with Crippen LogP contribution in [0.3, 0.4) is 0 Å². The Morgan fingerprint density at radius 1 is 1.12 bits per heavy atom. The summed E-state index contributed by atoms with van der Waals surface area (Å²) in [5.74, 6) is 1.91. The Hall–Kier alpha value is -2.89. The van der Waals surface area contributed by atoms with Crippen molar-refractivity contribution in [3.8, 4) is 11.4 Å². The largest absolute Gasteiger partial charge is 0.494 e. The highest BCUT2D eigenvalue weighted by Gasteiger charge is 2.09. The molecule has 0 aliphatic rings. The second-order valence-electron chi connectivity index (χ2n) is 6.86. The van der Waals surface area contributed by atoms with Crippen molar-refractivity contribution in [2.45, 2.75) is 34.1 Å². The molecule has 1 aromatic carbocycles. The van der Waals surface area contributed by atoms with Gasteiger partial charge in [0.15, 0.2) is 0 Å². The van der Waals surface area contributed by atoms with Crippen LogP contribution < -0.4 is 10.1 Å². The normalized spacial score (nSPS) is 11.0. The Bertz CT molecular complexity index is 901. The van der Waals surface area contributed by atoms with Crippen LogP contribution in [0.15, 0.2) is 36.8 Å². The molecule has 0 spiro atoms. The fraction of sp³-hybridized carbons (Fsp3) is 0.350. The van der Waals surface area contributed by atoms with Crippen molar-refractivity contribution in [2.75, 3.05) is 12.4 Å². The molecular formula is C20H25N5O. The quantitative estimate of drug-likeness (QED) is 0.720. The Morgan fingerprint density at radius 2 is 1.92 bits per heavy atom. The van der Waals surface area contributed by atoms with Crippen LogP contribution >= 0.6 is 0 Å². The third kappa shape index (κ3) is 4.20. The Kier molecular flexibility index (Phi) is 5.21. The predicted octanol–water partition coefficient (Wildman–Crippen LogP) is 4.23. The van der Waals surface area contributed by atoms with E-state index in [4.69, 9.17) is 4.74 Å². The van der Waals surface area contributed by atoms with Crippen molar-refractivity contribution in [3.05, 3.63) is 53.9 Å². The van der Waals surface area contributed by atoms with E-state index in [0.29, 0.717) is 11.9 Å². The van der Waals surface area contributed by atoms with Crippen molar-refractivity contribution in [2.24, 2.45) is 5.92 Å². The van der Waals surface area contributed by atoms with Crippen molar-refractivity contribution in [1.82, 2.24) is 19.5 Å². The minimum atomic E-state index is 0.551. The molecule has 0 saturated carbocycles. The third-order valence-corrected chi connectivity index (χ3v) is 3.95. The SMILES string of the molecule is COc1cc(Nc2nc(C)cc(CC(C)C)n2)ccc1-n1cnc(C)c1. The van der Waals surface area contributed by atoms with Gasteiger partial charge in [0.1, 0.15) is 5.75 Å². The van der Waals surface area contributed by atoms with Gasteiger partial charge in [-0.1, -0.05) is 13.8 Å². The molecule has 0 unspecified atom stereocenters. The van der Waals surface area contributed by atoms with Gasteiger partial charge in [0.2, 0.25) is 5.95 Å². The number of methoxy groups -OCH3 is 1. The van der Waals surface area contributed by atoms with E-state index < -0.39 is 0 Å². The molecule has 6 heteroatoms. The van der Waals surface area contributed by atoms with E-state index in [1.54, 1.807) is 13.4 Å². The Labute approximate surface area is 154 Å². The van der Waals surface area contributed by atoms with Crippen LogP contribution in [0.2, 0.25) is 0 Å². The average Bonchev–Trinajstić information content (AvgIpc) is 2.99. The number of hydrogen-bond acceptors (Lipinski definition) is 5. The van der Waals surface area contributed by atoms with Crippen molar-refractivity contribution < 1.29 is 4.74 Å². The minimum absolute atomic E-state index is 0.551. The maximum absolute atomic E-state index is 5.56. The van der Waals surface area contributed by atoms with Gasteiger partial charge in [-0.3, -0.25) is 0 Å². The van der Waals surface area contributed by atoms with Crippen LogP contribution in [0.4, 0.5) is 11.6 Å². The van der Waals surface area contributed by atoms with Crippen LogP contribution in [-0.4, -0.2) is 26.6 Å². The van der Waals surface area contributed by atoms with Crippen LogP contribution in [0.1, 0.15) is 30.9 Å². The third-order valence-electron chi connectivity index (χ3n) is 3.95. The molecule has 2 heterocycles. The van der Waals surface area contributed by atoms with Gasteiger partial charge in [0.05, 0.1) is 24.8 Å². The van der Waals surface area contributed by atoms with Crippen molar-refractivity contribution in [1.29, 1.82) is 0 Å². The molecule has 2 aromatic heterocycles. The van der Waals surface area contributed by atoms with E-state index in [0.717, 1.165) is 40.6 Å². The first kappa shape index (κ1) is 17.9. The lowest BCUT2D eigenvalue weighted by Crippen LogP contribution is -2.05. The van der Waals surface area contributed by atoms with E-state index in [2.05, 4.69) is 34.1 Å². The van der Waals surface area contributed by atoms with Gasteiger partial charge in [-0.2, -0.15) is 0 Å². The molecule has 6 nitrogen and oxygen atoms in total. The summed E-state index contributed by atoms with van der Waals surface area (Å²) < 4.78 is 7.50. The minimum Gasteiger partial charge on any atom is -0.494 e. The number of nitrogens with one attached hydrogen (secondary N) is 1. The molecule has 0 bridgehead atoms. The van der Waals surface area contributed by atoms with Gasteiger partial charge < -0.3 is 14.6 Å². The molecule has 0 amide bonds. The first-order valence-corrected chi connectivity index (χ1v) is 8.75. The van der Waals surface area contributed by atoms with Gasteiger partial charge in [-0.05, 0) is 44.4 Å². The number of rotatable bonds is 6. The highest BCUT2D eigenvalue weighted by Crippen LogP contribution is 2.28. The summed E-state index contributed by atoms with van der Waals surface area (Å²) in [5, 5.41) is 3.29. The zero-order chi connectivity index (χ0) is 18.7. The second kappa shape index (κ2) is 7.56. The van der Waals surface area contributed by atoms with Crippen molar-refractivity contribution in [3.63, 3.8) is 0 Å². The lowest BCUT2D eigenvalue weighted by atomic mass is 10.1. The summed E-state index contributed by atoms with van der Waals surface area (Å²) in [6.07, 6.45) is 4.68. The summed E-state index contributed by atoms with van der Waals surface area (Å²) in [6, 6.07) is 7.96. The number of imidazole rings is 1. The lowest BCUT2D eigenvalue weighted by molar-refractivity contribution is 0.413. The number of anilines is 2. The molecule has 0 saturated heterocycles. The number of hydrogen-bond donors (Lipinski definition) is 1. The number of aromatic nitrogens is 4. The number of aryl methyl sites for hydroxylation is 2. The molecular weight excluding hydrogens is 326 g/mol. The highest BCUT2D eigenvalue weighted by molar-refractivity contribution is 5.62. The monoisotopic (exact) mass is 351 g/mol. The van der Waals surface area contributed by atoms with Crippen molar-refractivity contribution >= 4 is 11.6 Å². The molecule has 3 aromatic rings. The molecule has 0 aliphatic heterocycles. The summed E-state index contributed by atoms with van der Waals surface area (Å²) in [5.41, 5.74) is 4.77. The van der Waals surface area contributed by atoms with E-state index in [1.807, 2.05) is 48.9 Å². The number of benzene rings is 1. The summed E-state index contributed by atoms with van der Waals surface area (Å²) in [6.45, 7) is 8.32. The van der Waals surface area contributed by atoms with Crippen LogP contribution in [0.5, 0.6) is 5.75 Å². The fourth-order valence-electron chi connectivity index (χ4n) is 2.86. The van der Waals surface area contributed by atoms with Gasteiger partial charge in [-0.15, -0.1) is 0 Å². The van der Waals surface area contributed by atoms with E-state index >= 15 is 0 Å². The summed E-state index contributed by atoms with van der Waals surface area (Å²) >= 11 is 0. The second-order valence-corrected chi connectivity index (χ2v) is 6.86. The molecule has 0 fully saturated rings. The number of ether oxygens (including phenoxy) is 1. The summed E-state index contributed by atoms with van der Waals surface area (Å²) in [7, 11) is 1.66. The molecule has 0 aliphatic carbocycles. The molecule has 0 atom stereocenters. The molecule has 26 heavy (non-hydrogen) atoms. The van der Waals surface area contributed by atoms with Crippen LogP contribution in [-0.2, 0) is 6.42 Å². The first-order valence-electron chi connectivity index (χ1n) is 8.75. The predicted molar refractivity (Wildman–Crippen MR) is 103 cm³/mol. The fourth-order valence-corrected chi connectivity index (χ4v) is 2.86. The first-order chi connectivity index (χ1) is 12.4. The smallest absolute Gasteiger partial charge is 0.227 e. The Morgan fingerprint density at radius 3 is 2.58 bits per heavy atom. The maximum atomic E-state index is 5.56. The van der Waals surface area contributed by atoms with Gasteiger partial charge >= 0.3 is 0 Å². The standard InChI is InChI=1S/C20H25N5O/c1-13(2)8-17-9-14(3)22-20(24-17)23-16-6-7-18(19(10-16)26-5)25-11-15(4)21-12-25/h6-7,9-13H,8H2,1-5H3,(H,22,23,24). The number of nitrogens with zero attached hydrogens (tertiary/aromatic N) is 4. The zero-order valence-electron chi connectivity index (χ0n) is 15.9. The molecule has 3 rings (SSSR count). The summed E-state index contributed by atoms with van der Waals surface area (Å²) in [4.78, 5) is 13.4. The van der Waals surface area contributed by atoms with Gasteiger partial charge in [0, 0.05) is 29.3 Å². The van der Waals surface area contributed by atoms with Gasteiger partial charge in [-0.25, -0.2) is 15.0 Å². The topological polar surface area (TPSA) is 64.9 Å².